The first-order valence-electron chi connectivity index (χ1n) is 10.4. The third-order valence-corrected chi connectivity index (χ3v) is 7.01. The molecule has 0 unspecified atom stereocenters. The Morgan fingerprint density at radius 3 is 2.14 bits per heavy atom. The van der Waals surface area contributed by atoms with E-state index in [2.05, 4.69) is 29.2 Å². The zero-order chi connectivity index (χ0) is 19.1. The number of aryl methyl sites for hydroxylation is 1. The number of hydrogen-bond acceptors (Lipinski definition) is 3. The summed E-state index contributed by atoms with van der Waals surface area (Å²) in [5.41, 5.74) is 4.61. The SMILES string of the molecule is O=C1c2ccccc2C(=O)N1CCCN1CCC2(CCc3ccccc32)CC1. The van der Waals surface area contributed by atoms with E-state index in [1.54, 1.807) is 23.3 Å². The molecule has 0 aromatic heterocycles. The first-order valence-corrected chi connectivity index (χ1v) is 10.4. The molecule has 2 aromatic carbocycles. The van der Waals surface area contributed by atoms with Crippen molar-refractivity contribution in [1.29, 1.82) is 0 Å². The summed E-state index contributed by atoms with van der Waals surface area (Å²) in [5, 5.41) is 0. The van der Waals surface area contributed by atoms with Gasteiger partial charge in [-0.15, -0.1) is 0 Å². The Morgan fingerprint density at radius 2 is 1.43 bits per heavy atom. The van der Waals surface area contributed by atoms with Crippen molar-refractivity contribution < 1.29 is 9.59 Å². The molecule has 144 valence electrons. The Kier molecular flexibility index (Phi) is 4.31. The molecule has 5 rings (SSSR count). The first-order chi connectivity index (χ1) is 13.7. The fraction of sp³-hybridized carbons (Fsp3) is 0.417. The van der Waals surface area contributed by atoms with Crippen LogP contribution in [0, 0.1) is 0 Å². The van der Waals surface area contributed by atoms with E-state index < -0.39 is 0 Å². The molecule has 4 heteroatoms. The van der Waals surface area contributed by atoms with Gasteiger partial charge in [-0.2, -0.15) is 0 Å². The molecule has 1 saturated heterocycles. The lowest BCUT2D eigenvalue weighted by Gasteiger charge is -2.40. The van der Waals surface area contributed by atoms with Crippen molar-refractivity contribution in [3.63, 3.8) is 0 Å². The quantitative estimate of drug-likeness (QED) is 0.767. The molecule has 2 aromatic rings. The van der Waals surface area contributed by atoms with Crippen LogP contribution in [0.25, 0.3) is 0 Å². The van der Waals surface area contributed by atoms with Gasteiger partial charge in [0.25, 0.3) is 11.8 Å². The number of carbonyl (C=O) groups excluding carboxylic acids is 2. The van der Waals surface area contributed by atoms with E-state index in [0.29, 0.717) is 23.1 Å². The smallest absolute Gasteiger partial charge is 0.261 e. The van der Waals surface area contributed by atoms with Gasteiger partial charge < -0.3 is 4.90 Å². The summed E-state index contributed by atoms with van der Waals surface area (Å²) in [5.74, 6) is -0.276. The summed E-state index contributed by atoms with van der Waals surface area (Å²) >= 11 is 0. The molecule has 0 atom stereocenters. The number of hydrogen-bond donors (Lipinski definition) is 0. The monoisotopic (exact) mass is 374 g/mol. The second kappa shape index (κ2) is 6.85. The molecule has 0 N–H and O–H groups in total. The molecular weight excluding hydrogens is 348 g/mol. The topological polar surface area (TPSA) is 40.6 Å². The largest absolute Gasteiger partial charge is 0.303 e. The Morgan fingerprint density at radius 1 is 0.786 bits per heavy atom. The Hall–Kier alpha value is -2.46. The van der Waals surface area contributed by atoms with Gasteiger partial charge in [0.15, 0.2) is 0 Å². The molecule has 0 radical (unpaired) electrons. The van der Waals surface area contributed by atoms with Gasteiger partial charge in [0.1, 0.15) is 0 Å². The summed E-state index contributed by atoms with van der Waals surface area (Å²) in [6.45, 7) is 3.68. The number of piperidine rings is 1. The van der Waals surface area contributed by atoms with Gasteiger partial charge in [-0.05, 0) is 80.4 Å². The van der Waals surface area contributed by atoms with Crippen LogP contribution in [0.1, 0.15) is 57.5 Å². The maximum absolute atomic E-state index is 12.5. The number of carbonyl (C=O) groups is 2. The van der Waals surface area contributed by atoms with Gasteiger partial charge in [-0.1, -0.05) is 36.4 Å². The standard InChI is InChI=1S/C24H26N2O2/c27-22-19-7-2-3-8-20(19)23(28)26(22)15-5-14-25-16-12-24(13-17-25)11-10-18-6-1-4-9-21(18)24/h1-4,6-9H,5,10-17H2. The Labute approximate surface area is 166 Å². The fourth-order valence-corrected chi connectivity index (χ4v) is 5.38. The highest BCUT2D eigenvalue weighted by atomic mass is 16.2. The average molecular weight is 374 g/mol. The second-order valence-corrected chi connectivity index (χ2v) is 8.44. The molecule has 0 saturated carbocycles. The minimum absolute atomic E-state index is 0.138. The third kappa shape index (κ3) is 2.78. The van der Waals surface area contributed by atoms with Crippen LogP contribution in [-0.2, 0) is 11.8 Å². The minimum atomic E-state index is -0.138. The molecule has 2 amide bonds. The number of rotatable bonds is 4. The van der Waals surface area contributed by atoms with Crippen molar-refractivity contribution in [2.24, 2.45) is 0 Å². The van der Waals surface area contributed by atoms with E-state index in [9.17, 15) is 9.59 Å². The van der Waals surface area contributed by atoms with Crippen molar-refractivity contribution in [2.45, 2.75) is 37.5 Å². The molecule has 0 bridgehead atoms. The lowest BCUT2D eigenvalue weighted by molar-refractivity contribution is 0.0643. The van der Waals surface area contributed by atoms with Crippen LogP contribution >= 0.6 is 0 Å². The van der Waals surface area contributed by atoms with Crippen LogP contribution in [0.3, 0.4) is 0 Å². The number of likely N-dealkylation sites (tertiary alicyclic amines) is 1. The van der Waals surface area contributed by atoms with Gasteiger partial charge >= 0.3 is 0 Å². The van der Waals surface area contributed by atoms with E-state index >= 15 is 0 Å². The van der Waals surface area contributed by atoms with Crippen molar-refractivity contribution in [2.75, 3.05) is 26.2 Å². The van der Waals surface area contributed by atoms with Crippen LogP contribution in [0.4, 0.5) is 0 Å². The molecule has 1 spiro atoms. The molecule has 28 heavy (non-hydrogen) atoms. The summed E-state index contributed by atoms with van der Waals surface area (Å²) < 4.78 is 0. The lowest BCUT2D eigenvalue weighted by Crippen LogP contribution is -2.42. The van der Waals surface area contributed by atoms with E-state index in [1.165, 1.54) is 30.6 Å². The van der Waals surface area contributed by atoms with Crippen LogP contribution in [0.5, 0.6) is 0 Å². The third-order valence-electron chi connectivity index (χ3n) is 7.01. The van der Waals surface area contributed by atoms with Gasteiger partial charge in [0.2, 0.25) is 0 Å². The lowest BCUT2D eigenvalue weighted by atomic mass is 9.74. The summed E-state index contributed by atoms with van der Waals surface area (Å²) in [6.07, 6.45) is 5.79. The van der Waals surface area contributed by atoms with Crippen LogP contribution in [-0.4, -0.2) is 47.8 Å². The summed E-state index contributed by atoms with van der Waals surface area (Å²) in [4.78, 5) is 28.9. The Balaban J connectivity index is 1.15. The molecule has 4 nitrogen and oxygen atoms in total. The van der Waals surface area contributed by atoms with Gasteiger partial charge in [0, 0.05) is 6.54 Å². The normalized spacial score (nSPS) is 20.6. The number of amides is 2. The molecule has 1 aliphatic carbocycles. The average Bonchev–Trinajstić information content (AvgIpc) is 3.21. The van der Waals surface area contributed by atoms with Crippen molar-refractivity contribution in [3.8, 4) is 0 Å². The zero-order valence-electron chi connectivity index (χ0n) is 16.2. The van der Waals surface area contributed by atoms with Gasteiger partial charge in [0.05, 0.1) is 11.1 Å². The van der Waals surface area contributed by atoms with E-state index in [1.807, 2.05) is 12.1 Å². The van der Waals surface area contributed by atoms with Crippen LogP contribution < -0.4 is 0 Å². The molecule has 2 aliphatic heterocycles. The van der Waals surface area contributed by atoms with Crippen LogP contribution in [0.2, 0.25) is 0 Å². The predicted octanol–water partition coefficient (Wildman–Crippen LogP) is 3.65. The molecule has 2 heterocycles. The van der Waals surface area contributed by atoms with E-state index in [-0.39, 0.29) is 11.8 Å². The number of nitrogens with zero attached hydrogens (tertiary/aromatic N) is 2. The Bertz CT molecular complexity index is 893. The van der Waals surface area contributed by atoms with Gasteiger partial charge in [-0.3, -0.25) is 14.5 Å². The van der Waals surface area contributed by atoms with E-state index in [0.717, 1.165) is 26.1 Å². The highest BCUT2D eigenvalue weighted by Crippen LogP contribution is 2.46. The number of fused-ring (bicyclic) bond motifs is 3. The maximum Gasteiger partial charge on any atom is 0.261 e. The number of imide groups is 1. The highest BCUT2D eigenvalue weighted by molar-refractivity contribution is 6.21. The van der Waals surface area contributed by atoms with Crippen molar-refractivity contribution >= 4 is 11.8 Å². The molecular formula is C24H26N2O2. The number of benzene rings is 2. The van der Waals surface area contributed by atoms with Gasteiger partial charge in [-0.25, -0.2) is 0 Å². The van der Waals surface area contributed by atoms with E-state index in [4.69, 9.17) is 0 Å². The molecule has 3 aliphatic rings. The second-order valence-electron chi connectivity index (χ2n) is 8.44. The summed E-state index contributed by atoms with van der Waals surface area (Å²) in [7, 11) is 0. The maximum atomic E-state index is 12.5. The highest BCUT2D eigenvalue weighted by Gasteiger charge is 2.41. The summed E-state index contributed by atoms with van der Waals surface area (Å²) in [6, 6.07) is 16.1. The molecule has 1 fully saturated rings. The fourth-order valence-electron chi connectivity index (χ4n) is 5.38. The van der Waals surface area contributed by atoms with Crippen LogP contribution in [0.15, 0.2) is 48.5 Å². The first kappa shape index (κ1) is 17.6. The predicted molar refractivity (Wildman–Crippen MR) is 109 cm³/mol. The minimum Gasteiger partial charge on any atom is -0.303 e. The van der Waals surface area contributed by atoms with Crippen molar-refractivity contribution in [3.05, 3.63) is 70.8 Å². The zero-order valence-corrected chi connectivity index (χ0v) is 16.2. The van der Waals surface area contributed by atoms with Crippen molar-refractivity contribution in [1.82, 2.24) is 9.80 Å².